The molecule has 3 heterocycles. The minimum absolute atomic E-state index is 0.117. The van der Waals surface area contributed by atoms with Gasteiger partial charge in [-0.05, 0) is 35.0 Å². The number of likely N-dealkylation sites (tertiary alicyclic amines) is 1. The van der Waals surface area contributed by atoms with Gasteiger partial charge in [0.25, 0.3) is 5.91 Å². The van der Waals surface area contributed by atoms with Gasteiger partial charge in [-0.2, -0.15) is 0 Å². The summed E-state index contributed by atoms with van der Waals surface area (Å²) >= 11 is 0. The van der Waals surface area contributed by atoms with Gasteiger partial charge in [-0.15, -0.1) is 0 Å². The highest BCUT2D eigenvalue weighted by Gasteiger charge is 2.67. The highest BCUT2D eigenvalue weighted by molar-refractivity contribution is 6.61. The van der Waals surface area contributed by atoms with Crippen LogP contribution in [0.15, 0.2) is 42.5 Å². The number of benzene rings is 2. The first-order chi connectivity index (χ1) is 19.8. The molecular weight excluding hydrogens is 537 g/mol. The molecule has 3 N–H and O–H groups in total. The fourth-order valence-corrected chi connectivity index (χ4v) is 5.69. The third-order valence-corrected chi connectivity index (χ3v) is 8.69. The molecule has 17 heteroatoms. The van der Waals surface area contributed by atoms with Crippen molar-refractivity contribution in [3.63, 3.8) is 0 Å². The molecule has 3 unspecified atom stereocenters. The number of rotatable bonds is 6. The van der Waals surface area contributed by atoms with E-state index >= 15 is 0 Å². The van der Waals surface area contributed by atoms with Crippen LogP contribution in [0.1, 0.15) is 39.9 Å². The minimum Gasteiger partial charge on any atom is -0.489 e. The number of carbonyl (C=O) groups excluding carboxylic acids is 3. The Morgan fingerprint density at radius 1 is 0.884 bits per heavy atom. The molecule has 9 nitrogen and oxygen atoms in total. The van der Waals surface area contributed by atoms with Crippen molar-refractivity contribution in [2.45, 2.75) is 65.5 Å². The predicted molar refractivity (Wildman–Crippen MR) is 163 cm³/mol. The molecule has 16 radical (unpaired) electrons. The Bertz CT molecular complexity index is 1450. The molecule has 0 spiro atoms. The number of hydrogen-bond donors (Lipinski definition) is 3. The van der Waals surface area contributed by atoms with E-state index in [1.54, 1.807) is 42.5 Å². The summed E-state index contributed by atoms with van der Waals surface area (Å²) in [6.07, 6.45) is 0.409. The van der Waals surface area contributed by atoms with Crippen LogP contribution in [0, 0.1) is 0 Å². The lowest BCUT2D eigenvalue weighted by molar-refractivity contribution is -0.158. The second-order valence-corrected chi connectivity index (χ2v) is 11.4. The van der Waals surface area contributed by atoms with Gasteiger partial charge in [-0.25, -0.2) is 0 Å². The van der Waals surface area contributed by atoms with Crippen molar-refractivity contribution in [2.24, 2.45) is 0 Å². The lowest BCUT2D eigenvalue weighted by Crippen LogP contribution is -2.84. The monoisotopic (exact) mass is 559 g/mol. The normalized spacial score (nSPS) is 29.6. The van der Waals surface area contributed by atoms with Gasteiger partial charge in [0, 0.05) is 29.6 Å². The van der Waals surface area contributed by atoms with Crippen molar-refractivity contribution in [1.29, 1.82) is 0 Å². The number of amides is 3. The Balaban J connectivity index is 1.30. The van der Waals surface area contributed by atoms with Crippen LogP contribution in [0.3, 0.4) is 0 Å². The lowest BCUT2D eigenvalue weighted by Gasteiger charge is -2.75. The first-order valence-corrected chi connectivity index (χ1v) is 13.3. The minimum atomic E-state index is -2.81. The van der Waals surface area contributed by atoms with Crippen molar-refractivity contribution in [3.05, 3.63) is 64.7 Å². The molecule has 0 aliphatic carbocycles. The van der Waals surface area contributed by atoms with Crippen LogP contribution in [0.5, 0.6) is 5.75 Å². The summed E-state index contributed by atoms with van der Waals surface area (Å²) in [6, 6.07) is 11.1. The molecule has 43 heavy (non-hydrogen) atoms. The summed E-state index contributed by atoms with van der Waals surface area (Å²) in [5.41, 5.74) is -3.23. The molecule has 2 fully saturated rings. The van der Waals surface area contributed by atoms with Gasteiger partial charge in [0.15, 0.2) is 0 Å². The number of piperidine rings is 2. The smallest absolute Gasteiger partial charge is 0.255 e. The van der Waals surface area contributed by atoms with Crippen molar-refractivity contribution in [3.8, 4) is 5.75 Å². The third kappa shape index (κ3) is 4.73. The third-order valence-electron chi connectivity index (χ3n) is 8.69. The number of carbonyl (C=O) groups is 3. The van der Waals surface area contributed by atoms with E-state index in [9.17, 15) is 24.6 Å². The predicted octanol–water partition coefficient (Wildman–Crippen LogP) is -2.59. The summed E-state index contributed by atoms with van der Waals surface area (Å²) in [5, 5.41) is 16.6. The van der Waals surface area contributed by atoms with Crippen LogP contribution in [0.4, 0.5) is 0 Å². The number of imide groups is 1. The van der Waals surface area contributed by atoms with Crippen molar-refractivity contribution in [2.75, 3.05) is 0 Å². The van der Waals surface area contributed by atoms with Gasteiger partial charge in [-0.3, -0.25) is 24.6 Å². The molecule has 3 atom stereocenters. The van der Waals surface area contributed by atoms with Crippen LogP contribution >= 0.6 is 0 Å². The molecule has 0 aromatic heterocycles. The zero-order chi connectivity index (χ0) is 31.8. The van der Waals surface area contributed by atoms with E-state index in [4.69, 9.17) is 67.5 Å². The maximum absolute atomic E-state index is 13.1. The van der Waals surface area contributed by atoms with E-state index in [-0.39, 0.29) is 44.4 Å². The van der Waals surface area contributed by atoms with Crippen LogP contribution in [-0.2, 0) is 29.3 Å². The SMILES string of the molecule is [B]C1([B])N(Cc2ccc(COc3cccc4c3CN(C3CCC(=O)NC3=O)C4=O)cc2)C([B])(O)C([B])([B])C([B])([B])C1([B])O. The Kier molecular flexibility index (Phi) is 7.67. The molecule has 3 aliphatic rings. The average Bonchev–Trinajstić information content (AvgIpc) is 3.26. The van der Waals surface area contributed by atoms with Gasteiger partial charge in [0.2, 0.25) is 11.8 Å². The van der Waals surface area contributed by atoms with Gasteiger partial charge in [-0.1, -0.05) is 40.8 Å². The van der Waals surface area contributed by atoms with E-state index in [1.165, 1.54) is 4.90 Å². The fraction of sp³-hybridized carbons (Fsp3) is 0.423. The molecular formula is C26H21B8N3O6. The molecule has 5 rings (SSSR count). The highest BCUT2D eigenvalue weighted by atomic mass is 16.5. The number of nitrogens with one attached hydrogen (secondary N) is 1. The summed E-state index contributed by atoms with van der Waals surface area (Å²) in [6.45, 7) is 0.000549. The summed E-state index contributed by atoms with van der Waals surface area (Å²) in [4.78, 5) is 39.2. The molecule has 200 valence electrons. The zero-order valence-electron chi connectivity index (χ0n) is 23.2. The van der Waals surface area contributed by atoms with Crippen LogP contribution in [-0.4, -0.2) is 123 Å². The number of fused-ring (bicyclic) bond motifs is 1. The van der Waals surface area contributed by atoms with Crippen LogP contribution < -0.4 is 10.1 Å². The summed E-state index contributed by atoms with van der Waals surface area (Å²) in [7, 11) is 48.0. The van der Waals surface area contributed by atoms with E-state index in [0.717, 1.165) is 10.5 Å². The molecule has 3 aliphatic heterocycles. The van der Waals surface area contributed by atoms with Crippen molar-refractivity contribution < 1.29 is 29.3 Å². The summed E-state index contributed by atoms with van der Waals surface area (Å²) in [5.74, 6) is -0.693. The van der Waals surface area contributed by atoms with E-state index < -0.39 is 38.8 Å². The Labute approximate surface area is 260 Å². The molecule has 2 aromatic rings. The average molecular weight is 558 g/mol. The largest absolute Gasteiger partial charge is 0.489 e. The molecule has 0 saturated carbocycles. The van der Waals surface area contributed by atoms with E-state index in [0.29, 0.717) is 22.4 Å². The van der Waals surface area contributed by atoms with Gasteiger partial charge >= 0.3 is 0 Å². The first-order valence-electron chi connectivity index (χ1n) is 13.3. The number of hydrogen-bond acceptors (Lipinski definition) is 7. The number of nitrogens with zero attached hydrogens (tertiary/aromatic N) is 2. The van der Waals surface area contributed by atoms with Gasteiger partial charge < -0.3 is 19.8 Å². The van der Waals surface area contributed by atoms with Crippen molar-refractivity contribution >= 4 is 80.5 Å². The molecule has 2 aromatic carbocycles. The van der Waals surface area contributed by atoms with Crippen molar-refractivity contribution in [1.82, 2.24) is 15.1 Å². The first kappa shape index (κ1) is 31.7. The van der Waals surface area contributed by atoms with E-state index in [2.05, 4.69) is 5.32 Å². The molecule has 2 saturated heterocycles. The summed E-state index contributed by atoms with van der Waals surface area (Å²) < 4.78 is 6.04. The second kappa shape index (κ2) is 10.4. The number of ether oxygens (including phenoxy) is 1. The van der Waals surface area contributed by atoms with Crippen LogP contribution in [0.25, 0.3) is 0 Å². The molecule has 0 bridgehead atoms. The highest BCUT2D eigenvalue weighted by Crippen LogP contribution is 2.62. The molecule has 3 amide bonds. The van der Waals surface area contributed by atoms with E-state index in [1.807, 2.05) is 0 Å². The lowest BCUT2D eigenvalue weighted by atomic mass is 9.14. The topological polar surface area (TPSA) is 119 Å². The Morgan fingerprint density at radius 3 is 2.14 bits per heavy atom. The zero-order valence-corrected chi connectivity index (χ0v) is 23.2. The Hall–Kier alpha value is -2.75. The number of aliphatic hydroxyl groups is 2. The maximum Gasteiger partial charge on any atom is 0.255 e. The van der Waals surface area contributed by atoms with Crippen LogP contribution in [0.2, 0.25) is 10.4 Å². The Morgan fingerprint density at radius 2 is 1.51 bits per heavy atom. The maximum atomic E-state index is 13.1. The van der Waals surface area contributed by atoms with Gasteiger partial charge in [0.05, 0.1) is 59.2 Å². The fourth-order valence-electron chi connectivity index (χ4n) is 5.69. The standard InChI is InChI=1S/C26H21B8N3O6/c27-22(28)23(29,30)26(34,42)37(25(32,33)24(22,31)41)10-13-4-6-14(7-5-13)12-43-18-3-1-2-15-16(18)11-36(21(15)40)17-8-9-19(38)35-20(17)39/h1-7,17,41-42H,8-12H2,(H,35,38,39). The second-order valence-electron chi connectivity index (χ2n) is 11.4. The van der Waals surface area contributed by atoms with Gasteiger partial charge in [0.1, 0.15) is 34.1 Å². The quantitative estimate of drug-likeness (QED) is 0.263.